The van der Waals surface area contributed by atoms with Gasteiger partial charge in [-0.05, 0) is 60.5 Å². The lowest BCUT2D eigenvalue weighted by Crippen LogP contribution is -2.23. The molecule has 0 aliphatic carbocycles. The lowest BCUT2D eigenvalue weighted by atomic mass is 10.2. The van der Waals surface area contributed by atoms with E-state index in [-0.39, 0.29) is 27.8 Å². The van der Waals surface area contributed by atoms with Crippen molar-refractivity contribution in [3.63, 3.8) is 0 Å². The van der Waals surface area contributed by atoms with Gasteiger partial charge in [-0.2, -0.15) is 8.78 Å². The Morgan fingerprint density at radius 3 is 2.44 bits per heavy atom. The van der Waals surface area contributed by atoms with E-state index in [0.717, 1.165) is 5.56 Å². The molecule has 6 nitrogen and oxygen atoms in total. The van der Waals surface area contributed by atoms with Crippen LogP contribution in [0.15, 0.2) is 71.6 Å². The topological polar surface area (TPSA) is 84.5 Å². The average molecular weight is 481 g/mol. The third-order valence-corrected chi connectivity index (χ3v) is 6.07. The molecule has 0 radical (unpaired) electrons. The highest BCUT2D eigenvalue weighted by molar-refractivity contribution is 7.92. The molecular formula is C22H19ClF2N2O4S. The van der Waals surface area contributed by atoms with Crippen molar-refractivity contribution in [2.45, 2.75) is 25.0 Å². The molecule has 0 aliphatic heterocycles. The molecule has 3 aromatic rings. The number of aryl methyl sites for hydroxylation is 1. The van der Waals surface area contributed by atoms with E-state index < -0.39 is 22.5 Å². The molecule has 0 spiro atoms. The summed E-state index contributed by atoms with van der Waals surface area (Å²) in [5.41, 5.74) is 1.89. The summed E-state index contributed by atoms with van der Waals surface area (Å²) < 4.78 is 56.6. The number of hydrogen-bond donors (Lipinski definition) is 2. The van der Waals surface area contributed by atoms with Gasteiger partial charge in [0, 0.05) is 12.2 Å². The maximum absolute atomic E-state index is 12.7. The van der Waals surface area contributed by atoms with E-state index in [2.05, 4.69) is 14.8 Å². The molecule has 0 saturated heterocycles. The first-order valence-corrected chi connectivity index (χ1v) is 11.2. The minimum Gasteiger partial charge on any atom is -0.435 e. The van der Waals surface area contributed by atoms with Crippen LogP contribution in [0.3, 0.4) is 0 Å². The van der Waals surface area contributed by atoms with E-state index in [1.165, 1.54) is 42.5 Å². The Hall–Kier alpha value is -3.17. The maximum Gasteiger partial charge on any atom is 0.387 e. The Kier molecular flexibility index (Phi) is 7.32. The molecule has 0 aromatic heterocycles. The number of alkyl halides is 2. The molecule has 2 N–H and O–H groups in total. The molecule has 32 heavy (non-hydrogen) atoms. The van der Waals surface area contributed by atoms with E-state index in [0.29, 0.717) is 11.3 Å². The normalized spacial score (nSPS) is 11.3. The van der Waals surface area contributed by atoms with Crippen LogP contribution in [0.4, 0.5) is 14.5 Å². The average Bonchev–Trinajstić information content (AvgIpc) is 2.72. The second-order valence-corrected chi connectivity index (χ2v) is 8.91. The molecule has 0 saturated carbocycles. The third-order valence-electron chi connectivity index (χ3n) is 4.36. The minimum absolute atomic E-state index is 0.00265. The van der Waals surface area contributed by atoms with E-state index in [4.69, 9.17) is 11.6 Å². The summed E-state index contributed by atoms with van der Waals surface area (Å²) in [5, 5.41) is 2.71. The van der Waals surface area contributed by atoms with Crippen LogP contribution in [-0.2, 0) is 16.6 Å². The molecule has 1 amide bonds. The van der Waals surface area contributed by atoms with Crippen LogP contribution >= 0.6 is 11.6 Å². The van der Waals surface area contributed by atoms with Crippen molar-refractivity contribution < 1.29 is 26.7 Å². The molecule has 3 rings (SSSR count). The molecule has 168 valence electrons. The fraction of sp³-hybridized carbons (Fsp3) is 0.136. The van der Waals surface area contributed by atoms with Gasteiger partial charge in [0.25, 0.3) is 15.9 Å². The van der Waals surface area contributed by atoms with E-state index in [1.54, 1.807) is 18.2 Å². The third kappa shape index (κ3) is 6.18. The molecule has 0 heterocycles. The zero-order chi connectivity index (χ0) is 23.3. The van der Waals surface area contributed by atoms with Crippen LogP contribution in [0.5, 0.6) is 5.75 Å². The Morgan fingerprint density at radius 1 is 1.06 bits per heavy atom. The Balaban J connectivity index is 1.72. The predicted octanol–water partition coefficient (Wildman–Crippen LogP) is 4.98. The zero-order valence-electron chi connectivity index (χ0n) is 16.8. The zero-order valence-corrected chi connectivity index (χ0v) is 18.4. The van der Waals surface area contributed by atoms with Gasteiger partial charge in [0.15, 0.2) is 0 Å². The van der Waals surface area contributed by atoms with E-state index in [1.807, 2.05) is 13.0 Å². The van der Waals surface area contributed by atoms with E-state index >= 15 is 0 Å². The van der Waals surface area contributed by atoms with Crippen molar-refractivity contribution in [2.24, 2.45) is 0 Å². The van der Waals surface area contributed by atoms with Crippen molar-refractivity contribution in [1.29, 1.82) is 0 Å². The molecule has 3 aromatic carbocycles. The maximum atomic E-state index is 12.7. The number of rotatable bonds is 8. The number of nitrogens with one attached hydrogen (secondary N) is 2. The summed E-state index contributed by atoms with van der Waals surface area (Å²) in [7, 11) is -3.95. The highest BCUT2D eigenvalue weighted by Crippen LogP contribution is 2.23. The second-order valence-electron chi connectivity index (χ2n) is 6.82. The van der Waals surface area contributed by atoms with Crippen LogP contribution < -0.4 is 14.8 Å². The highest BCUT2D eigenvalue weighted by atomic mass is 35.5. The fourth-order valence-corrected chi connectivity index (χ4v) is 4.11. The van der Waals surface area contributed by atoms with Crippen molar-refractivity contribution >= 4 is 33.2 Å². The number of halogens is 3. The van der Waals surface area contributed by atoms with Gasteiger partial charge in [-0.25, -0.2) is 8.42 Å². The number of amides is 1. The lowest BCUT2D eigenvalue weighted by Gasteiger charge is -2.12. The number of carbonyl (C=O) groups excluding carboxylic acids is 1. The minimum atomic E-state index is -3.95. The Morgan fingerprint density at radius 2 is 1.78 bits per heavy atom. The van der Waals surface area contributed by atoms with Crippen LogP contribution in [-0.4, -0.2) is 20.9 Å². The lowest BCUT2D eigenvalue weighted by molar-refractivity contribution is -0.0498. The molecule has 10 heteroatoms. The van der Waals surface area contributed by atoms with Crippen molar-refractivity contribution in [3.05, 3.63) is 88.4 Å². The van der Waals surface area contributed by atoms with Gasteiger partial charge in [-0.1, -0.05) is 35.9 Å². The van der Waals surface area contributed by atoms with Crippen molar-refractivity contribution in [1.82, 2.24) is 5.32 Å². The summed E-state index contributed by atoms with van der Waals surface area (Å²) in [4.78, 5) is 12.5. The van der Waals surface area contributed by atoms with Crippen LogP contribution in [0, 0.1) is 6.92 Å². The number of ether oxygens (including phenoxy) is 1. The van der Waals surface area contributed by atoms with Crippen LogP contribution in [0.2, 0.25) is 5.02 Å². The van der Waals surface area contributed by atoms with Gasteiger partial charge in [0.2, 0.25) is 0 Å². The van der Waals surface area contributed by atoms with E-state index in [9.17, 15) is 22.0 Å². The van der Waals surface area contributed by atoms with Crippen LogP contribution in [0.1, 0.15) is 21.5 Å². The molecular weight excluding hydrogens is 462 g/mol. The van der Waals surface area contributed by atoms with Gasteiger partial charge in [-0.15, -0.1) is 0 Å². The molecule has 0 bridgehead atoms. The smallest absolute Gasteiger partial charge is 0.387 e. The first-order chi connectivity index (χ1) is 15.1. The molecule has 0 unspecified atom stereocenters. The Bertz CT molecular complexity index is 1220. The van der Waals surface area contributed by atoms with Gasteiger partial charge in [-0.3, -0.25) is 9.52 Å². The van der Waals surface area contributed by atoms with Crippen LogP contribution in [0.25, 0.3) is 0 Å². The second kappa shape index (κ2) is 9.97. The van der Waals surface area contributed by atoms with Gasteiger partial charge >= 0.3 is 6.61 Å². The summed E-state index contributed by atoms with van der Waals surface area (Å²) in [5.74, 6) is -0.590. The van der Waals surface area contributed by atoms with Gasteiger partial charge < -0.3 is 10.1 Å². The number of benzene rings is 3. The summed E-state index contributed by atoms with van der Waals surface area (Å²) >= 11 is 6.11. The predicted molar refractivity (Wildman–Crippen MR) is 118 cm³/mol. The Labute approximate surface area is 189 Å². The van der Waals surface area contributed by atoms with Gasteiger partial charge in [0.1, 0.15) is 5.75 Å². The number of carbonyl (C=O) groups is 1. The number of anilines is 1. The summed E-state index contributed by atoms with van der Waals surface area (Å²) in [6.07, 6.45) is 0. The van der Waals surface area contributed by atoms with Crippen molar-refractivity contribution in [3.8, 4) is 5.75 Å². The monoisotopic (exact) mass is 480 g/mol. The molecule has 0 atom stereocenters. The first-order valence-electron chi connectivity index (χ1n) is 9.35. The SMILES string of the molecule is Cc1cccc(NS(=O)(=O)c2ccc(Cl)c(C(=O)NCc3ccc(OC(F)F)cc3)c2)c1. The van der Waals surface area contributed by atoms with Gasteiger partial charge in [0.05, 0.1) is 15.5 Å². The molecule has 0 fully saturated rings. The standard InChI is InChI=1S/C22H19ClF2N2O4S/c1-14-3-2-4-16(11-14)27-32(29,30)18-9-10-20(23)19(12-18)21(28)26-13-15-5-7-17(8-6-15)31-22(24)25/h2-12,22,27H,13H2,1H3,(H,26,28). The first kappa shape index (κ1) is 23.5. The number of sulfonamides is 1. The molecule has 0 aliphatic rings. The number of hydrogen-bond acceptors (Lipinski definition) is 4. The largest absolute Gasteiger partial charge is 0.435 e. The quantitative estimate of drug-likeness (QED) is 0.476. The summed E-state index contributed by atoms with van der Waals surface area (Å²) in [6, 6.07) is 16.4. The summed E-state index contributed by atoms with van der Waals surface area (Å²) in [6.45, 7) is -1.02. The van der Waals surface area contributed by atoms with Crippen molar-refractivity contribution in [2.75, 3.05) is 4.72 Å². The fourth-order valence-electron chi connectivity index (χ4n) is 2.83. The highest BCUT2D eigenvalue weighted by Gasteiger charge is 2.19.